The first-order valence-corrected chi connectivity index (χ1v) is 9.47. The third-order valence-electron chi connectivity index (χ3n) is 4.82. The average Bonchev–Trinajstić information content (AvgIpc) is 3.14. The van der Waals surface area contributed by atoms with Gasteiger partial charge in [-0.3, -0.25) is 14.4 Å². The van der Waals surface area contributed by atoms with Crippen LogP contribution in [0.15, 0.2) is 42.5 Å². The van der Waals surface area contributed by atoms with E-state index in [9.17, 15) is 14.4 Å². The molecule has 2 amide bonds. The number of rotatable bonds is 7. The summed E-state index contributed by atoms with van der Waals surface area (Å²) in [5.41, 5.74) is 2.24. The zero-order chi connectivity index (χ0) is 21.7. The van der Waals surface area contributed by atoms with Crippen LogP contribution in [0.1, 0.15) is 12.0 Å². The summed E-state index contributed by atoms with van der Waals surface area (Å²) in [6.07, 6.45) is 0.00754. The molecule has 2 aromatic carbocycles. The van der Waals surface area contributed by atoms with Crippen LogP contribution in [0.25, 0.3) is 0 Å². The van der Waals surface area contributed by atoms with Crippen LogP contribution in [0.5, 0.6) is 11.5 Å². The number of anilines is 2. The number of methoxy groups -OCH3 is 2. The highest BCUT2D eigenvalue weighted by atomic mass is 16.5. The van der Waals surface area contributed by atoms with Gasteiger partial charge in [0.1, 0.15) is 11.5 Å². The van der Waals surface area contributed by atoms with E-state index >= 15 is 0 Å². The fraction of sp³-hybridized carbons (Fsp3) is 0.318. The molecule has 8 nitrogen and oxygen atoms in total. The van der Waals surface area contributed by atoms with Gasteiger partial charge in [0.05, 0.1) is 25.8 Å². The summed E-state index contributed by atoms with van der Waals surface area (Å²) >= 11 is 0. The molecule has 30 heavy (non-hydrogen) atoms. The number of nitrogens with one attached hydrogen (secondary N) is 1. The van der Waals surface area contributed by atoms with E-state index in [1.165, 1.54) is 19.1 Å². The molecule has 0 bridgehead atoms. The van der Waals surface area contributed by atoms with Crippen molar-refractivity contribution in [3.8, 4) is 11.5 Å². The van der Waals surface area contributed by atoms with Crippen molar-refractivity contribution in [2.75, 3.05) is 37.6 Å². The summed E-state index contributed by atoms with van der Waals surface area (Å²) in [4.78, 5) is 38.4. The second kappa shape index (κ2) is 9.30. The fourth-order valence-corrected chi connectivity index (χ4v) is 3.19. The minimum absolute atomic E-state index is 0.00754. The number of carbonyl (C=O) groups is 3. The molecule has 158 valence electrons. The Kier molecular flexibility index (Phi) is 6.56. The van der Waals surface area contributed by atoms with Crippen LogP contribution in [-0.4, -0.2) is 45.2 Å². The molecule has 1 aliphatic rings. The van der Waals surface area contributed by atoms with Gasteiger partial charge in [-0.25, -0.2) is 0 Å². The normalized spacial score (nSPS) is 15.6. The molecule has 0 radical (unpaired) electrons. The molecular weight excluding hydrogens is 388 g/mol. The minimum Gasteiger partial charge on any atom is -0.497 e. The zero-order valence-corrected chi connectivity index (χ0v) is 17.1. The van der Waals surface area contributed by atoms with Crippen molar-refractivity contribution < 1.29 is 28.6 Å². The number of benzene rings is 2. The summed E-state index contributed by atoms with van der Waals surface area (Å²) < 4.78 is 15.6. The zero-order valence-electron chi connectivity index (χ0n) is 17.1. The van der Waals surface area contributed by atoms with E-state index in [2.05, 4.69) is 5.32 Å². The maximum atomic E-state index is 12.5. The number of nitrogens with zero attached hydrogens (tertiary/aromatic N) is 1. The Bertz CT molecular complexity index is 941. The van der Waals surface area contributed by atoms with Crippen LogP contribution in [0, 0.1) is 12.8 Å². The van der Waals surface area contributed by atoms with Gasteiger partial charge in [-0.2, -0.15) is 0 Å². The molecule has 1 saturated heterocycles. The lowest BCUT2D eigenvalue weighted by Gasteiger charge is -2.20. The number of hydrogen-bond acceptors (Lipinski definition) is 6. The van der Waals surface area contributed by atoms with Crippen LogP contribution >= 0.6 is 0 Å². The highest BCUT2D eigenvalue weighted by molar-refractivity contribution is 6.01. The van der Waals surface area contributed by atoms with Gasteiger partial charge < -0.3 is 24.4 Å². The summed E-state index contributed by atoms with van der Waals surface area (Å²) in [6, 6.07) is 12.4. The molecular formula is C22H24N2O6. The molecule has 1 fully saturated rings. The van der Waals surface area contributed by atoms with E-state index in [0.717, 1.165) is 5.56 Å². The fourth-order valence-electron chi connectivity index (χ4n) is 3.19. The topological polar surface area (TPSA) is 94.2 Å². The molecule has 1 N–H and O–H groups in total. The van der Waals surface area contributed by atoms with Gasteiger partial charge in [-0.15, -0.1) is 0 Å². The van der Waals surface area contributed by atoms with E-state index < -0.39 is 24.4 Å². The summed E-state index contributed by atoms with van der Waals surface area (Å²) in [5.74, 6) is -0.837. The quantitative estimate of drug-likeness (QED) is 0.703. The van der Waals surface area contributed by atoms with Gasteiger partial charge in [0.15, 0.2) is 6.61 Å². The Balaban J connectivity index is 1.57. The van der Waals surface area contributed by atoms with Crippen molar-refractivity contribution in [2.24, 2.45) is 5.92 Å². The largest absolute Gasteiger partial charge is 0.497 e. The Morgan fingerprint density at radius 1 is 1.10 bits per heavy atom. The van der Waals surface area contributed by atoms with Crippen molar-refractivity contribution in [3.05, 3.63) is 48.0 Å². The number of esters is 1. The average molecular weight is 412 g/mol. The van der Waals surface area contributed by atoms with E-state index in [0.29, 0.717) is 22.9 Å². The molecule has 1 atom stereocenters. The van der Waals surface area contributed by atoms with Gasteiger partial charge in [0.2, 0.25) is 5.91 Å². The van der Waals surface area contributed by atoms with Crippen molar-refractivity contribution >= 4 is 29.2 Å². The first kappa shape index (κ1) is 21.2. The predicted molar refractivity (Wildman–Crippen MR) is 111 cm³/mol. The first-order valence-electron chi connectivity index (χ1n) is 9.47. The summed E-state index contributed by atoms with van der Waals surface area (Å²) in [6.45, 7) is 1.68. The minimum atomic E-state index is -0.656. The highest BCUT2D eigenvalue weighted by Crippen LogP contribution is 2.36. The van der Waals surface area contributed by atoms with Gasteiger partial charge in [-0.1, -0.05) is 17.7 Å². The Morgan fingerprint density at radius 2 is 1.83 bits per heavy atom. The monoisotopic (exact) mass is 412 g/mol. The lowest BCUT2D eigenvalue weighted by molar-refractivity contribution is -0.151. The smallest absolute Gasteiger partial charge is 0.311 e. The van der Waals surface area contributed by atoms with E-state index in [1.54, 1.807) is 30.3 Å². The van der Waals surface area contributed by atoms with Gasteiger partial charge in [0.25, 0.3) is 5.91 Å². The Morgan fingerprint density at radius 3 is 2.50 bits per heavy atom. The number of ether oxygens (including phenoxy) is 3. The van der Waals surface area contributed by atoms with Crippen molar-refractivity contribution in [2.45, 2.75) is 13.3 Å². The maximum Gasteiger partial charge on any atom is 0.311 e. The van der Waals surface area contributed by atoms with Crippen molar-refractivity contribution in [1.82, 2.24) is 0 Å². The molecule has 1 heterocycles. The SMILES string of the molecule is COc1ccc(N2C[C@H](C(=O)OCC(=O)Nc3ccc(C)cc3)CC2=O)c(OC)c1. The molecule has 3 rings (SSSR count). The van der Waals surface area contributed by atoms with Crippen LogP contribution in [0.3, 0.4) is 0 Å². The molecule has 0 saturated carbocycles. The third-order valence-corrected chi connectivity index (χ3v) is 4.82. The Labute approximate surface area is 174 Å². The van der Waals surface area contributed by atoms with E-state index in [1.807, 2.05) is 19.1 Å². The molecule has 0 spiro atoms. The van der Waals surface area contributed by atoms with Gasteiger partial charge in [0, 0.05) is 24.7 Å². The highest BCUT2D eigenvalue weighted by Gasteiger charge is 2.37. The van der Waals surface area contributed by atoms with Crippen molar-refractivity contribution in [1.29, 1.82) is 0 Å². The number of carbonyl (C=O) groups excluding carboxylic acids is 3. The lowest BCUT2D eigenvalue weighted by atomic mass is 10.1. The summed E-state index contributed by atoms with van der Waals surface area (Å²) in [5, 5.41) is 2.66. The number of hydrogen-bond donors (Lipinski definition) is 1. The van der Waals surface area contributed by atoms with Crippen LogP contribution in [0.4, 0.5) is 11.4 Å². The van der Waals surface area contributed by atoms with Gasteiger partial charge in [-0.05, 0) is 31.2 Å². The lowest BCUT2D eigenvalue weighted by Crippen LogP contribution is -2.28. The molecule has 8 heteroatoms. The predicted octanol–water partition coefficient (Wildman–Crippen LogP) is 2.55. The molecule has 0 aromatic heterocycles. The van der Waals surface area contributed by atoms with Crippen molar-refractivity contribution in [3.63, 3.8) is 0 Å². The summed E-state index contributed by atoms with van der Waals surface area (Å²) in [7, 11) is 3.04. The van der Waals surface area contributed by atoms with Crippen LogP contribution in [-0.2, 0) is 19.1 Å². The van der Waals surface area contributed by atoms with Crippen LogP contribution < -0.4 is 19.7 Å². The standard InChI is InChI=1S/C22H24N2O6/c1-14-4-6-16(7-5-14)23-20(25)13-30-22(27)15-10-21(26)24(12-15)18-9-8-17(28-2)11-19(18)29-3/h4-9,11,15H,10,12-13H2,1-3H3,(H,23,25)/t15-/m1/s1. The van der Waals surface area contributed by atoms with E-state index in [-0.39, 0.29) is 18.9 Å². The molecule has 2 aromatic rings. The second-order valence-electron chi connectivity index (χ2n) is 6.97. The molecule has 1 aliphatic heterocycles. The number of amides is 2. The maximum absolute atomic E-state index is 12.5. The third kappa shape index (κ3) is 4.89. The first-order chi connectivity index (χ1) is 14.4. The Hall–Kier alpha value is -3.55. The molecule has 0 aliphatic carbocycles. The van der Waals surface area contributed by atoms with Gasteiger partial charge >= 0.3 is 5.97 Å². The number of aryl methyl sites for hydroxylation is 1. The molecule has 0 unspecified atom stereocenters. The van der Waals surface area contributed by atoms with Crippen LogP contribution in [0.2, 0.25) is 0 Å². The van der Waals surface area contributed by atoms with E-state index in [4.69, 9.17) is 14.2 Å². The second-order valence-corrected chi connectivity index (χ2v) is 6.97.